The summed E-state index contributed by atoms with van der Waals surface area (Å²) in [6.07, 6.45) is 9.69. The highest BCUT2D eigenvalue weighted by Crippen LogP contribution is 2.38. The van der Waals surface area contributed by atoms with E-state index in [4.69, 9.17) is 0 Å². The number of fused-ring (bicyclic) bond motifs is 3. The smallest absolute Gasteiger partial charge is 0.335 e. The van der Waals surface area contributed by atoms with Crippen molar-refractivity contribution in [1.29, 1.82) is 0 Å². The zero-order chi connectivity index (χ0) is 50.0. The third kappa shape index (κ3) is 12.0. The average Bonchev–Trinajstić information content (AvgIpc) is 3.69. The maximum Gasteiger partial charge on any atom is 0.335 e. The van der Waals surface area contributed by atoms with Gasteiger partial charge in [-0.2, -0.15) is 0 Å². The van der Waals surface area contributed by atoms with E-state index in [0.29, 0.717) is 12.3 Å². The first-order valence-electron chi connectivity index (χ1n) is 24.9. The molecule has 8 aromatic rings. The molecule has 0 aliphatic carbocycles. The number of benzene rings is 7. The van der Waals surface area contributed by atoms with Gasteiger partial charge in [0, 0.05) is 34.0 Å². The summed E-state index contributed by atoms with van der Waals surface area (Å²) in [6, 6.07) is 53.2. The fourth-order valence-electron chi connectivity index (χ4n) is 9.18. The summed E-state index contributed by atoms with van der Waals surface area (Å²) in [6.45, 7) is 21.0. The molecular weight excluding hydrogens is 861 g/mol. The SMILES string of the molecule is C=C(/C=C/c1ccc(-c2ccc(C(=O)O)cc2)cc1)CC(Nc1ccc(-c2ccc3c(c2)c2cc(C(C)(C)C)ccc2n3CC(CC)CCCC)cc1)c1ccc(-c2ccc(C(=O)O)cc2)cc1.CC. The summed E-state index contributed by atoms with van der Waals surface area (Å²) in [4.78, 5) is 22.8. The molecule has 0 amide bonds. The molecule has 3 N–H and O–H groups in total. The van der Waals surface area contributed by atoms with E-state index in [9.17, 15) is 19.8 Å². The Hall–Kier alpha value is -7.44. The highest BCUT2D eigenvalue weighted by molar-refractivity contribution is 6.09. The second-order valence-corrected chi connectivity index (χ2v) is 19.2. The van der Waals surface area contributed by atoms with E-state index in [2.05, 4.69) is 160 Å². The predicted octanol–water partition coefficient (Wildman–Crippen LogP) is 17.5. The number of aromatic nitrogens is 1. The lowest BCUT2D eigenvalue weighted by molar-refractivity contribution is 0.0686. The summed E-state index contributed by atoms with van der Waals surface area (Å²) >= 11 is 0. The van der Waals surface area contributed by atoms with Gasteiger partial charge in [0.2, 0.25) is 0 Å². The lowest BCUT2D eigenvalue weighted by atomic mass is 9.86. The molecule has 6 nitrogen and oxygen atoms in total. The Morgan fingerprint density at radius 1 is 0.629 bits per heavy atom. The van der Waals surface area contributed by atoms with Crippen molar-refractivity contribution in [2.75, 3.05) is 5.32 Å². The van der Waals surface area contributed by atoms with Crippen molar-refractivity contribution in [2.45, 2.75) is 98.6 Å². The summed E-state index contributed by atoms with van der Waals surface area (Å²) < 4.78 is 2.57. The van der Waals surface area contributed by atoms with Gasteiger partial charge >= 0.3 is 11.9 Å². The fraction of sp³-hybridized carbons (Fsp3) is 0.250. The van der Waals surface area contributed by atoms with Crippen LogP contribution in [-0.4, -0.2) is 26.7 Å². The molecule has 1 heterocycles. The Morgan fingerprint density at radius 3 is 1.61 bits per heavy atom. The molecule has 0 aliphatic heterocycles. The van der Waals surface area contributed by atoms with Gasteiger partial charge in [-0.1, -0.05) is 189 Å². The third-order valence-electron chi connectivity index (χ3n) is 13.4. The zero-order valence-electron chi connectivity index (χ0n) is 41.9. The normalized spacial score (nSPS) is 12.4. The number of aromatic carboxylic acids is 2. The Kier molecular flexibility index (Phi) is 16.4. The van der Waals surface area contributed by atoms with Gasteiger partial charge in [-0.05, 0) is 135 Å². The van der Waals surface area contributed by atoms with Crippen molar-refractivity contribution in [3.8, 4) is 33.4 Å². The van der Waals surface area contributed by atoms with Crippen molar-refractivity contribution >= 4 is 45.5 Å². The Bertz CT molecular complexity index is 3080. The molecule has 0 spiro atoms. The van der Waals surface area contributed by atoms with E-state index in [1.54, 1.807) is 24.3 Å². The van der Waals surface area contributed by atoms with Crippen LogP contribution in [0.25, 0.3) is 61.3 Å². The van der Waals surface area contributed by atoms with E-state index in [0.717, 1.165) is 56.7 Å². The van der Waals surface area contributed by atoms with Crippen LogP contribution in [0.15, 0.2) is 176 Å². The summed E-state index contributed by atoms with van der Waals surface area (Å²) in [7, 11) is 0. The first-order chi connectivity index (χ1) is 33.8. The third-order valence-corrected chi connectivity index (χ3v) is 13.4. The molecule has 358 valence electrons. The minimum Gasteiger partial charge on any atom is -0.478 e. The van der Waals surface area contributed by atoms with Crippen LogP contribution in [0.1, 0.15) is 124 Å². The molecule has 0 saturated heterocycles. The summed E-state index contributed by atoms with van der Waals surface area (Å²) in [5.74, 6) is -1.24. The monoisotopic (exact) mass is 929 g/mol. The molecule has 0 bridgehead atoms. The number of rotatable bonds is 18. The van der Waals surface area contributed by atoms with Crippen molar-refractivity contribution in [3.05, 3.63) is 204 Å². The van der Waals surface area contributed by atoms with Gasteiger partial charge < -0.3 is 20.1 Å². The molecule has 2 unspecified atom stereocenters. The lowest BCUT2D eigenvalue weighted by Crippen LogP contribution is -2.11. The second-order valence-electron chi connectivity index (χ2n) is 19.2. The molecule has 0 fully saturated rings. The number of hydrogen-bond donors (Lipinski definition) is 3. The molecule has 0 radical (unpaired) electrons. The Labute approximate surface area is 415 Å². The molecule has 1 aromatic heterocycles. The zero-order valence-corrected chi connectivity index (χ0v) is 41.9. The topological polar surface area (TPSA) is 91.6 Å². The Balaban J connectivity index is 0.00000356. The Morgan fingerprint density at radius 2 is 1.10 bits per heavy atom. The van der Waals surface area contributed by atoms with Crippen LogP contribution < -0.4 is 5.32 Å². The van der Waals surface area contributed by atoms with E-state index in [1.165, 1.54) is 58.6 Å². The lowest BCUT2D eigenvalue weighted by Gasteiger charge is -2.22. The number of hydrogen-bond acceptors (Lipinski definition) is 3. The first-order valence-corrected chi connectivity index (χ1v) is 24.9. The number of carboxylic acids is 2. The van der Waals surface area contributed by atoms with Crippen LogP contribution in [0.5, 0.6) is 0 Å². The van der Waals surface area contributed by atoms with Crippen LogP contribution in [-0.2, 0) is 12.0 Å². The molecule has 2 atom stereocenters. The molecule has 0 saturated carbocycles. The number of nitrogens with one attached hydrogen (secondary N) is 1. The van der Waals surface area contributed by atoms with E-state index in [1.807, 2.05) is 50.2 Å². The number of anilines is 1. The number of unbranched alkanes of at least 4 members (excludes halogenated alkanes) is 1. The maximum absolute atomic E-state index is 11.5. The van der Waals surface area contributed by atoms with Gasteiger partial charge in [0.25, 0.3) is 0 Å². The largest absolute Gasteiger partial charge is 0.478 e. The van der Waals surface area contributed by atoms with Gasteiger partial charge in [-0.3, -0.25) is 0 Å². The number of carbonyl (C=O) groups is 2. The number of allylic oxidation sites excluding steroid dienone is 1. The predicted molar refractivity (Wildman–Crippen MR) is 295 cm³/mol. The molecular formula is C64H68N2O4. The molecule has 6 heteroatoms. The van der Waals surface area contributed by atoms with Crippen LogP contribution in [0.2, 0.25) is 0 Å². The van der Waals surface area contributed by atoms with Crippen LogP contribution in [0.3, 0.4) is 0 Å². The van der Waals surface area contributed by atoms with Crippen molar-refractivity contribution in [1.82, 2.24) is 4.57 Å². The number of carboxylic acid groups (broad SMARTS) is 2. The fourth-order valence-corrected chi connectivity index (χ4v) is 9.18. The second kappa shape index (κ2) is 22.8. The quantitative estimate of drug-likeness (QED) is 0.0746. The van der Waals surface area contributed by atoms with Gasteiger partial charge in [0.15, 0.2) is 0 Å². The molecule has 70 heavy (non-hydrogen) atoms. The first kappa shape index (κ1) is 50.4. The highest BCUT2D eigenvalue weighted by Gasteiger charge is 2.20. The molecule has 8 rings (SSSR count). The number of nitrogens with zero attached hydrogens (tertiary/aromatic N) is 1. The van der Waals surface area contributed by atoms with E-state index in [-0.39, 0.29) is 22.6 Å². The standard InChI is InChI=1S/C62H62N2O4.C2H6/c1-7-9-10-42(8-2)40-64-58-35-31-52(38-55(58)56-39-53(62(4,5)6)32-36-59(56)64)48-29-33-54(34-30-48)63-57(49-23-17-45(18-24-49)47-21-27-51(28-22-47)61(67)68)37-41(3)11-12-43-13-15-44(16-14-43)46-19-25-50(26-20-46)60(65)66;1-2/h11-36,38-39,42,57,63H,3,7-10,37,40H2,1-2,4-6H3,(H,65,66)(H,67,68);1-2H3/b12-11+;. The van der Waals surface area contributed by atoms with Crippen molar-refractivity contribution in [3.63, 3.8) is 0 Å². The van der Waals surface area contributed by atoms with Crippen molar-refractivity contribution in [2.24, 2.45) is 5.92 Å². The summed E-state index contributed by atoms with van der Waals surface area (Å²) in [5.41, 5.74) is 14.9. The van der Waals surface area contributed by atoms with Gasteiger partial charge in [0.05, 0.1) is 17.2 Å². The highest BCUT2D eigenvalue weighted by atomic mass is 16.4. The minimum absolute atomic E-state index is 0.0446. The van der Waals surface area contributed by atoms with Crippen LogP contribution in [0, 0.1) is 5.92 Å². The average molecular weight is 929 g/mol. The van der Waals surface area contributed by atoms with Gasteiger partial charge in [0.1, 0.15) is 0 Å². The van der Waals surface area contributed by atoms with E-state index < -0.39 is 11.9 Å². The summed E-state index contributed by atoms with van der Waals surface area (Å²) in [5, 5.41) is 25.1. The van der Waals surface area contributed by atoms with Gasteiger partial charge in [-0.15, -0.1) is 0 Å². The van der Waals surface area contributed by atoms with Gasteiger partial charge in [-0.25, -0.2) is 9.59 Å². The van der Waals surface area contributed by atoms with Crippen molar-refractivity contribution < 1.29 is 19.8 Å². The minimum atomic E-state index is -0.942. The maximum atomic E-state index is 11.5. The van der Waals surface area contributed by atoms with Crippen LogP contribution >= 0.6 is 0 Å². The van der Waals surface area contributed by atoms with E-state index >= 15 is 0 Å². The molecule has 7 aromatic carbocycles. The van der Waals surface area contributed by atoms with Crippen LogP contribution in [0.4, 0.5) is 5.69 Å². The molecule has 0 aliphatic rings.